The zero-order chi connectivity index (χ0) is 15.8. The van der Waals surface area contributed by atoms with Gasteiger partial charge in [-0.1, -0.05) is 6.92 Å². The molecule has 1 rings (SSSR count). The van der Waals surface area contributed by atoms with Crippen LogP contribution in [0.2, 0.25) is 0 Å². The zero-order valence-corrected chi connectivity index (χ0v) is 12.7. The normalized spacial score (nSPS) is 11.5. The Hall–Kier alpha value is -2.02. The fourth-order valence-electron chi connectivity index (χ4n) is 1.55. The van der Waals surface area contributed by atoms with Crippen molar-refractivity contribution in [1.29, 1.82) is 0 Å². The van der Waals surface area contributed by atoms with Crippen LogP contribution < -0.4 is 10.6 Å². The Bertz CT molecular complexity index is 516. The van der Waals surface area contributed by atoms with Gasteiger partial charge in [0.15, 0.2) is 0 Å². The summed E-state index contributed by atoms with van der Waals surface area (Å²) in [7, 11) is 0. The minimum absolute atomic E-state index is 0.0765. The van der Waals surface area contributed by atoms with E-state index in [0.717, 1.165) is 5.75 Å². The number of nitrogens with one attached hydrogen (secondary N) is 2. The molecule has 0 aliphatic heterocycles. The van der Waals surface area contributed by atoms with E-state index in [1.807, 2.05) is 13.2 Å². The monoisotopic (exact) mass is 310 g/mol. The van der Waals surface area contributed by atoms with Gasteiger partial charge in [-0.2, -0.15) is 11.8 Å². The Morgan fingerprint density at radius 1 is 1.24 bits per heavy atom. The van der Waals surface area contributed by atoms with Gasteiger partial charge in [-0.25, -0.2) is 0 Å². The molecule has 1 aromatic rings. The van der Waals surface area contributed by atoms with Gasteiger partial charge in [0.05, 0.1) is 0 Å². The standard InChI is InChI=1S/C14H18N2O4S/c1-9(8-21-2)13(19)16-11-5-3-10(4-6-11)14(20)15-7-12(17)18/h3-6,9H,7-8H2,1-2H3,(H,15,20)(H,16,19)(H,17,18). The summed E-state index contributed by atoms with van der Waals surface area (Å²) in [4.78, 5) is 33.8. The van der Waals surface area contributed by atoms with E-state index in [4.69, 9.17) is 5.11 Å². The van der Waals surface area contributed by atoms with Crippen LogP contribution in [0.4, 0.5) is 5.69 Å². The molecule has 0 spiro atoms. The fourth-order valence-corrected chi connectivity index (χ4v) is 2.21. The Morgan fingerprint density at radius 2 is 1.86 bits per heavy atom. The van der Waals surface area contributed by atoms with Crippen molar-refractivity contribution in [3.8, 4) is 0 Å². The van der Waals surface area contributed by atoms with E-state index in [9.17, 15) is 14.4 Å². The third-order valence-electron chi connectivity index (χ3n) is 2.68. The van der Waals surface area contributed by atoms with Crippen molar-refractivity contribution in [3.63, 3.8) is 0 Å². The molecule has 0 aromatic heterocycles. The average molecular weight is 310 g/mol. The maximum absolute atomic E-state index is 11.8. The van der Waals surface area contributed by atoms with Crippen LogP contribution in [0.15, 0.2) is 24.3 Å². The van der Waals surface area contributed by atoms with E-state index in [2.05, 4.69) is 10.6 Å². The lowest BCUT2D eigenvalue weighted by Crippen LogP contribution is -2.29. The minimum atomic E-state index is -1.10. The molecular formula is C14H18N2O4S. The minimum Gasteiger partial charge on any atom is -0.480 e. The van der Waals surface area contributed by atoms with Crippen LogP contribution in [0.25, 0.3) is 0 Å². The number of rotatable bonds is 7. The summed E-state index contributed by atoms with van der Waals surface area (Å²) in [6.45, 7) is 1.42. The van der Waals surface area contributed by atoms with E-state index < -0.39 is 18.4 Å². The van der Waals surface area contributed by atoms with Crippen LogP contribution in [-0.2, 0) is 9.59 Å². The molecule has 21 heavy (non-hydrogen) atoms. The number of carbonyl (C=O) groups is 3. The number of carbonyl (C=O) groups excluding carboxylic acids is 2. The number of carboxylic acids is 1. The third kappa shape index (κ3) is 5.86. The summed E-state index contributed by atoms with van der Waals surface area (Å²) in [6, 6.07) is 6.29. The SMILES string of the molecule is CSCC(C)C(=O)Nc1ccc(C(=O)NCC(=O)O)cc1. The molecule has 7 heteroatoms. The van der Waals surface area contributed by atoms with Crippen molar-refractivity contribution in [1.82, 2.24) is 5.32 Å². The topological polar surface area (TPSA) is 95.5 Å². The molecule has 0 aliphatic carbocycles. The lowest BCUT2D eigenvalue weighted by atomic mass is 10.1. The summed E-state index contributed by atoms with van der Waals surface area (Å²) in [5, 5.41) is 13.5. The average Bonchev–Trinajstić information content (AvgIpc) is 2.45. The molecule has 114 valence electrons. The Kier molecular flexibility index (Phi) is 6.74. The van der Waals surface area contributed by atoms with E-state index in [0.29, 0.717) is 11.3 Å². The number of hydrogen-bond acceptors (Lipinski definition) is 4. The molecule has 0 heterocycles. The van der Waals surface area contributed by atoms with E-state index >= 15 is 0 Å². The van der Waals surface area contributed by atoms with Crippen LogP contribution >= 0.6 is 11.8 Å². The van der Waals surface area contributed by atoms with Crippen molar-refractivity contribution in [2.45, 2.75) is 6.92 Å². The molecule has 1 aromatic carbocycles. The second-order valence-corrected chi connectivity index (χ2v) is 5.41. The van der Waals surface area contributed by atoms with Crippen LogP contribution in [0.1, 0.15) is 17.3 Å². The zero-order valence-electron chi connectivity index (χ0n) is 11.9. The Balaban J connectivity index is 2.59. The predicted octanol–water partition coefficient (Wildman–Crippen LogP) is 1.44. The highest BCUT2D eigenvalue weighted by molar-refractivity contribution is 7.98. The van der Waals surface area contributed by atoms with Gasteiger partial charge in [-0.3, -0.25) is 14.4 Å². The molecule has 0 bridgehead atoms. The number of hydrogen-bond donors (Lipinski definition) is 3. The summed E-state index contributed by atoms with van der Waals surface area (Å²) in [5.41, 5.74) is 0.939. The Morgan fingerprint density at radius 3 is 2.38 bits per heavy atom. The van der Waals surface area contributed by atoms with Crippen molar-refractivity contribution in [3.05, 3.63) is 29.8 Å². The van der Waals surface area contributed by atoms with Crippen LogP contribution in [0.5, 0.6) is 0 Å². The van der Waals surface area contributed by atoms with Crippen molar-refractivity contribution in [2.75, 3.05) is 23.9 Å². The molecule has 0 radical (unpaired) electrons. The molecular weight excluding hydrogens is 292 g/mol. The molecule has 1 atom stereocenters. The maximum Gasteiger partial charge on any atom is 0.322 e. The van der Waals surface area contributed by atoms with Gasteiger partial charge < -0.3 is 15.7 Å². The molecule has 2 amide bonds. The van der Waals surface area contributed by atoms with Crippen LogP contribution in [-0.4, -0.2) is 41.4 Å². The predicted molar refractivity (Wildman–Crippen MR) is 82.6 cm³/mol. The second-order valence-electron chi connectivity index (χ2n) is 4.50. The van der Waals surface area contributed by atoms with Gasteiger partial charge in [-0.15, -0.1) is 0 Å². The number of amides is 2. The van der Waals surface area contributed by atoms with Gasteiger partial charge in [0, 0.05) is 22.9 Å². The van der Waals surface area contributed by atoms with Gasteiger partial charge in [0.1, 0.15) is 6.54 Å². The third-order valence-corrected chi connectivity index (χ3v) is 3.51. The van der Waals surface area contributed by atoms with Crippen molar-refractivity contribution >= 4 is 35.2 Å². The number of thioether (sulfide) groups is 1. The first-order chi connectivity index (χ1) is 9.93. The van der Waals surface area contributed by atoms with Crippen molar-refractivity contribution < 1.29 is 19.5 Å². The largest absolute Gasteiger partial charge is 0.480 e. The van der Waals surface area contributed by atoms with E-state index in [1.54, 1.807) is 23.9 Å². The van der Waals surface area contributed by atoms with E-state index in [1.165, 1.54) is 12.1 Å². The highest BCUT2D eigenvalue weighted by atomic mass is 32.2. The van der Waals surface area contributed by atoms with E-state index in [-0.39, 0.29) is 11.8 Å². The highest BCUT2D eigenvalue weighted by Gasteiger charge is 2.12. The van der Waals surface area contributed by atoms with Gasteiger partial charge in [0.25, 0.3) is 5.91 Å². The summed E-state index contributed by atoms with van der Waals surface area (Å²) < 4.78 is 0. The first-order valence-electron chi connectivity index (χ1n) is 6.34. The van der Waals surface area contributed by atoms with Gasteiger partial charge in [0.2, 0.25) is 5.91 Å². The van der Waals surface area contributed by atoms with Crippen molar-refractivity contribution in [2.24, 2.45) is 5.92 Å². The summed E-state index contributed by atoms with van der Waals surface area (Å²) >= 11 is 1.60. The first-order valence-corrected chi connectivity index (χ1v) is 7.73. The number of aliphatic carboxylic acids is 1. The number of carboxylic acid groups (broad SMARTS) is 1. The van der Waals surface area contributed by atoms with Crippen LogP contribution in [0.3, 0.4) is 0 Å². The molecule has 0 saturated carbocycles. The highest BCUT2D eigenvalue weighted by Crippen LogP contribution is 2.12. The quantitative estimate of drug-likeness (QED) is 0.708. The Labute approximate surface area is 127 Å². The summed E-state index contributed by atoms with van der Waals surface area (Å²) in [6.07, 6.45) is 1.94. The first kappa shape index (κ1) is 17.0. The molecule has 1 unspecified atom stereocenters. The molecule has 0 aliphatic rings. The van der Waals surface area contributed by atoms with Gasteiger partial charge >= 0.3 is 5.97 Å². The summed E-state index contributed by atoms with van der Waals surface area (Å²) in [5.74, 6) is -1.01. The molecule has 0 fully saturated rings. The second kappa shape index (κ2) is 8.31. The molecule has 0 saturated heterocycles. The maximum atomic E-state index is 11.8. The van der Waals surface area contributed by atoms with Crippen LogP contribution in [0, 0.1) is 5.92 Å². The number of anilines is 1. The fraction of sp³-hybridized carbons (Fsp3) is 0.357. The smallest absolute Gasteiger partial charge is 0.322 e. The molecule has 3 N–H and O–H groups in total. The lowest BCUT2D eigenvalue weighted by molar-refractivity contribution is -0.135. The van der Waals surface area contributed by atoms with Gasteiger partial charge in [-0.05, 0) is 30.5 Å². The number of benzene rings is 1. The molecule has 6 nitrogen and oxygen atoms in total. The lowest BCUT2D eigenvalue weighted by Gasteiger charge is -2.11.